The Morgan fingerprint density at radius 2 is 2.15 bits per heavy atom. The SMILES string of the molecule is Cc1ncnc2c1[C@@]1(C)CCN(CC3CC3)C(C2)[C@@H]1C. The molecule has 0 amide bonds. The molecule has 2 bridgehead atoms. The lowest BCUT2D eigenvalue weighted by Gasteiger charge is -2.54. The van der Waals surface area contributed by atoms with E-state index in [2.05, 4.69) is 35.6 Å². The maximum Gasteiger partial charge on any atom is 0.115 e. The molecule has 2 fully saturated rings. The molecule has 108 valence electrons. The van der Waals surface area contributed by atoms with E-state index in [1.807, 2.05) is 0 Å². The highest BCUT2D eigenvalue weighted by molar-refractivity contribution is 5.38. The van der Waals surface area contributed by atoms with Crippen LogP contribution in [0.25, 0.3) is 0 Å². The van der Waals surface area contributed by atoms with E-state index < -0.39 is 0 Å². The van der Waals surface area contributed by atoms with Crippen LogP contribution >= 0.6 is 0 Å². The van der Waals surface area contributed by atoms with Gasteiger partial charge in [0.05, 0.1) is 0 Å². The smallest absolute Gasteiger partial charge is 0.115 e. The second-order valence-electron chi connectivity index (χ2n) is 7.45. The summed E-state index contributed by atoms with van der Waals surface area (Å²) < 4.78 is 0. The second kappa shape index (κ2) is 4.27. The number of likely N-dealkylation sites (tertiary alicyclic amines) is 1. The quantitative estimate of drug-likeness (QED) is 0.828. The first kappa shape index (κ1) is 12.8. The monoisotopic (exact) mass is 271 g/mol. The average molecular weight is 271 g/mol. The summed E-state index contributed by atoms with van der Waals surface area (Å²) in [6, 6.07) is 0.691. The zero-order valence-electron chi connectivity index (χ0n) is 12.9. The van der Waals surface area contributed by atoms with Crippen LogP contribution in [0, 0.1) is 18.8 Å². The Bertz CT molecular complexity index is 537. The van der Waals surface area contributed by atoms with Crippen LogP contribution in [0.15, 0.2) is 6.33 Å². The van der Waals surface area contributed by atoms with Crippen molar-refractivity contribution in [2.24, 2.45) is 11.8 Å². The fourth-order valence-corrected chi connectivity index (χ4v) is 4.65. The summed E-state index contributed by atoms with van der Waals surface area (Å²) in [5.41, 5.74) is 4.28. The molecular formula is C17H25N3. The lowest BCUT2D eigenvalue weighted by Crippen LogP contribution is -2.58. The Hall–Kier alpha value is -0.960. The fourth-order valence-electron chi connectivity index (χ4n) is 4.65. The van der Waals surface area contributed by atoms with Crippen molar-refractivity contribution in [3.63, 3.8) is 0 Å². The third kappa shape index (κ3) is 1.75. The molecule has 0 spiro atoms. The zero-order valence-corrected chi connectivity index (χ0v) is 12.9. The molecule has 3 heteroatoms. The van der Waals surface area contributed by atoms with Crippen LogP contribution in [0.2, 0.25) is 0 Å². The molecular weight excluding hydrogens is 246 g/mol. The summed E-state index contributed by atoms with van der Waals surface area (Å²) in [7, 11) is 0. The molecule has 20 heavy (non-hydrogen) atoms. The standard InChI is InChI=1S/C17H25N3/c1-11-15-8-14-16(12(2)18-10-19-14)17(11,3)6-7-20(15)9-13-4-5-13/h10-11,13,15H,4-9H2,1-3H3/t11-,15?,17-/m0/s1. The number of hydrogen-bond donors (Lipinski definition) is 0. The van der Waals surface area contributed by atoms with Gasteiger partial charge in [-0.25, -0.2) is 9.97 Å². The van der Waals surface area contributed by atoms with Crippen molar-refractivity contribution >= 4 is 0 Å². The van der Waals surface area contributed by atoms with Crippen molar-refractivity contribution in [2.45, 2.75) is 57.9 Å². The van der Waals surface area contributed by atoms with E-state index in [1.165, 1.54) is 49.3 Å². The summed E-state index contributed by atoms with van der Waals surface area (Å²) in [6.45, 7) is 9.65. The molecule has 1 unspecified atom stereocenters. The molecule has 3 aliphatic rings. The highest BCUT2D eigenvalue weighted by atomic mass is 15.2. The maximum absolute atomic E-state index is 4.63. The highest BCUT2D eigenvalue weighted by Crippen LogP contribution is 2.49. The molecule has 0 radical (unpaired) electrons. The van der Waals surface area contributed by atoms with Gasteiger partial charge >= 0.3 is 0 Å². The first-order valence-corrected chi connectivity index (χ1v) is 8.14. The largest absolute Gasteiger partial charge is 0.299 e. The van der Waals surface area contributed by atoms with Gasteiger partial charge in [-0.3, -0.25) is 4.90 Å². The first-order valence-electron chi connectivity index (χ1n) is 8.14. The third-order valence-corrected chi connectivity index (χ3v) is 6.25. The lowest BCUT2D eigenvalue weighted by atomic mass is 9.59. The van der Waals surface area contributed by atoms with Crippen molar-refractivity contribution in [1.82, 2.24) is 14.9 Å². The van der Waals surface area contributed by atoms with Gasteiger partial charge in [0.2, 0.25) is 0 Å². The van der Waals surface area contributed by atoms with Crippen LogP contribution in [0.3, 0.4) is 0 Å². The summed E-state index contributed by atoms with van der Waals surface area (Å²) in [5, 5.41) is 0. The number of fused-ring (bicyclic) bond motifs is 4. The number of piperidine rings is 1. The van der Waals surface area contributed by atoms with Crippen molar-refractivity contribution in [3.8, 4) is 0 Å². The Morgan fingerprint density at radius 1 is 1.35 bits per heavy atom. The van der Waals surface area contributed by atoms with Gasteiger partial charge in [0.15, 0.2) is 0 Å². The van der Waals surface area contributed by atoms with E-state index >= 15 is 0 Å². The molecule has 1 saturated heterocycles. The van der Waals surface area contributed by atoms with Gasteiger partial charge in [-0.2, -0.15) is 0 Å². The highest BCUT2D eigenvalue weighted by Gasteiger charge is 2.50. The molecule has 0 aromatic carbocycles. The summed E-state index contributed by atoms with van der Waals surface area (Å²) in [6.07, 6.45) is 7.05. The van der Waals surface area contributed by atoms with Crippen LogP contribution in [-0.2, 0) is 11.8 Å². The van der Waals surface area contributed by atoms with E-state index in [9.17, 15) is 0 Å². The molecule has 1 aliphatic heterocycles. The van der Waals surface area contributed by atoms with Crippen molar-refractivity contribution in [3.05, 3.63) is 23.3 Å². The minimum atomic E-state index is 0.281. The van der Waals surface area contributed by atoms with E-state index in [1.54, 1.807) is 6.33 Å². The third-order valence-electron chi connectivity index (χ3n) is 6.25. The molecule has 1 aromatic heterocycles. The molecule has 2 aliphatic carbocycles. The molecule has 1 saturated carbocycles. The van der Waals surface area contributed by atoms with Crippen LogP contribution in [0.5, 0.6) is 0 Å². The van der Waals surface area contributed by atoms with Crippen LogP contribution < -0.4 is 0 Å². The summed E-state index contributed by atoms with van der Waals surface area (Å²) >= 11 is 0. The van der Waals surface area contributed by atoms with Crippen LogP contribution in [0.4, 0.5) is 0 Å². The van der Waals surface area contributed by atoms with Crippen LogP contribution in [-0.4, -0.2) is 34.0 Å². The lowest BCUT2D eigenvalue weighted by molar-refractivity contribution is 0.0265. The predicted octanol–water partition coefficient (Wildman–Crippen LogP) is 2.72. The van der Waals surface area contributed by atoms with Gasteiger partial charge in [0.25, 0.3) is 0 Å². The number of aromatic nitrogens is 2. The number of hydrogen-bond acceptors (Lipinski definition) is 3. The normalized spacial score (nSPS) is 36.8. The van der Waals surface area contributed by atoms with E-state index in [4.69, 9.17) is 0 Å². The Labute approximate surface area is 121 Å². The average Bonchev–Trinajstić information content (AvgIpc) is 3.21. The van der Waals surface area contributed by atoms with E-state index in [0.717, 1.165) is 12.3 Å². The van der Waals surface area contributed by atoms with Gasteiger partial charge in [-0.05, 0) is 44.6 Å². The van der Waals surface area contributed by atoms with E-state index in [0.29, 0.717) is 12.0 Å². The van der Waals surface area contributed by atoms with E-state index in [-0.39, 0.29) is 5.41 Å². The fraction of sp³-hybridized carbons (Fsp3) is 0.765. The number of aryl methyl sites for hydroxylation is 1. The van der Waals surface area contributed by atoms with Gasteiger partial charge in [0.1, 0.15) is 6.33 Å². The number of rotatable bonds is 2. The van der Waals surface area contributed by atoms with Crippen molar-refractivity contribution in [1.29, 1.82) is 0 Å². The topological polar surface area (TPSA) is 29.0 Å². The zero-order chi connectivity index (χ0) is 13.9. The van der Waals surface area contributed by atoms with Crippen molar-refractivity contribution in [2.75, 3.05) is 13.1 Å². The molecule has 0 N–H and O–H groups in total. The summed E-state index contributed by atoms with van der Waals surface area (Å²) in [4.78, 5) is 11.9. The van der Waals surface area contributed by atoms with Gasteiger partial charge in [-0.15, -0.1) is 0 Å². The molecule has 1 aromatic rings. The van der Waals surface area contributed by atoms with Gasteiger partial charge in [-0.1, -0.05) is 13.8 Å². The van der Waals surface area contributed by atoms with Crippen molar-refractivity contribution < 1.29 is 0 Å². The Balaban J connectivity index is 1.74. The predicted molar refractivity (Wildman–Crippen MR) is 79.7 cm³/mol. The van der Waals surface area contributed by atoms with Gasteiger partial charge < -0.3 is 0 Å². The minimum Gasteiger partial charge on any atom is -0.299 e. The maximum atomic E-state index is 4.63. The number of nitrogens with zero attached hydrogens (tertiary/aromatic N) is 3. The molecule has 2 heterocycles. The van der Waals surface area contributed by atoms with Gasteiger partial charge in [0, 0.05) is 41.4 Å². The molecule has 4 rings (SSSR count). The van der Waals surface area contributed by atoms with Crippen LogP contribution in [0.1, 0.15) is 50.1 Å². The second-order valence-corrected chi connectivity index (χ2v) is 7.45. The first-order chi connectivity index (χ1) is 9.59. The summed E-state index contributed by atoms with van der Waals surface area (Å²) in [5.74, 6) is 1.70. The Morgan fingerprint density at radius 3 is 2.90 bits per heavy atom. The molecule has 3 atom stereocenters. The minimum absolute atomic E-state index is 0.281. The molecule has 3 nitrogen and oxygen atoms in total. The Kier molecular flexibility index (Phi) is 2.72.